The first kappa shape index (κ1) is 55.2. The van der Waals surface area contributed by atoms with E-state index in [1.54, 1.807) is 24.3 Å². The van der Waals surface area contributed by atoms with Crippen molar-refractivity contribution >= 4 is 108 Å². The van der Waals surface area contributed by atoms with Crippen LogP contribution in [0.25, 0.3) is 127 Å². The van der Waals surface area contributed by atoms with E-state index in [4.69, 9.17) is 0 Å². The second-order valence-corrected chi connectivity index (χ2v) is 27.0. The van der Waals surface area contributed by atoms with Crippen LogP contribution in [0.4, 0.5) is 11.4 Å². The van der Waals surface area contributed by atoms with Gasteiger partial charge < -0.3 is 27.7 Å². The SMILES string of the molecule is CC1c2c(n(-c3ccccc3)c3ccccc23)-c2c(n(-c3cc(-n4c5ccc6c(c7ccccc7n6-c6ccccc6)c5c5c6c7ccccc7n(-c7ccccc7)c6ccc54)cc(S(=O)(=O)c4ccc(C#N)cc4)c3)c3ccccc23)Cc2ccccc2N1c1ccccc1. The zero-order valence-corrected chi connectivity index (χ0v) is 52.9. The van der Waals surface area contributed by atoms with Crippen molar-refractivity contribution in [2.45, 2.75) is 29.2 Å². The molecule has 0 aliphatic carbocycles. The fourth-order valence-corrected chi connectivity index (χ4v) is 17.4. The van der Waals surface area contributed by atoms with Crippen LogP contribution >= 0.6 is 0 Å². The van der Waals surface area contributed by atoms with E-state index in [1.165, 1.54) is 5.56 Å². The van der Waals surface area contributed by atoms with Gasteiger partial charge in [-0.1, -0.05) is 164 Å². The van der Waals surface area contributed by atoms with Gasteiger partial charge in [0.1, 0.15) is 0 Å². The molecule has 1 unspecified atom stereocenters. The monoisotopic (exact) mass is 1250 g/mol. The highest BCUT2D eigenvalue weighted by Gasteiger charge is 2.36. The van der Waals surface area contributed by atoms with Gasteiger partial charge in [-0.15, -0.1) is 0 Å². The van der Waals surface area contributed by atoms with Crippen molar-refractivity contribution in [1.29, 1.82) is 5.26 Å². The van der Waals surface area contributed by atoms with Crippen LogP contribution in [-0.2, 0) is 16.3 Å². The Hall–Kier alpha value is -12.4. The smallest absolute Gasteiger partial charge is 0.206 e. The molecular formula is C86H57N7O2S. The van der Waals surface area contributed by atoms with Gasteiger partial charge >= 0.3 is 0 Å². The molecule has 0 spiro atoms. The first-order valence-corrected chi connectivity index (χ1v) is 34.0. The van der Waals surface area contributed by atoms with E-state index in [0.29, 0.717) is 23.4 Å². The Labute approximate surface area is 553 Å². The quantitative estimate of drug-likeness (QED) is 0.152. The maximum absolute atomic E-state index is 16.1. The van der Waals surface area contributed by atoms with Crippen LogP contribution < -0.4 is 4.90 Å². The molecule has 96 heavy (non-hydrogen) atoms. The fraction of sp³-hybridized carbons (Fsp3) is 0.0349. The molecule has 13 aromatic carbocycles. The number of nitriles is 1. The summed E-state index contributed by atoms with van der Waals surface area (Å²) in [5.41, 5.74) is 20.5. The molecule has 0 saturated heterocycles. The van der Waals surface area contributed by atoms with Crippen molar-refractivity contribution in [3.8, 4) is 45.8 Å². The highest BCUT2D eigenvalue weighted by molar-refractivity contribution is 7.91. The standard InChI is InChI=1S/C86H57N7O2S/c1-55-80-66-33-15-23-41-74(66)93(61-31-12-5-13-32-61)86(80)83-69-36-18-22-40-73(69)91(79(83)50-57-24-14-19-37-70(57)88(55)58-25-6-2-7-26-58)62-51-63(53-65(52-62)96(94,95)64-44-42-56(54-87)43-45-64)92-77-48-46-75-81(67-34-16-20-38-71(67)89(75)59-27-8-3-9-28-59)84(77)85-78(92)49-47-76-82(85)68-35-17-21-39-72(68)90(76)60-29-10-4-11-30-60/h2-49,51-53,55H,50H2,1H3. The van der Waals surface area contributed by atoms with E-state index < -0.39 is 9.84 Å². The molecule has 0 amide bonds. The summed E-state index contributed by atoms with van der Waals surface area (Å²) in [6.45, 7) is 2.34. The highest BCUT2D eigenvalue weighted by atomic mass is 32.2. The number of sulfone groups is 1. The van der Waals surface area contributed by atoms with Gasteiger partial charge in [0.25, 0.3) is 0 Å². The Morgan fingerprint density at radius 1 is 0.354 bits per heavy atom. The number of rotatable bonds is 8. The first-order chi connectivity index (χ1) is 47.3. The molecule has 10 heteroatoms. The van der Waals surface area contributed by atoms with Crippen molar-refractivity contribution in [3.63, 3.8) is 0 Å². The molecule has 6 heterocycles. The van der Waals surface area contributed by atoms with Crippen LogP contribution in [0.15, 0.2) is 319 Å². The third kappa shape index (κ3) is 8.05. The summed E-state index contributed by atoms with van der Waals surface area (Å²) >= 11 is 0. The summed E-state index contributed by atoms with van der Waals surface area (Å²) < 4.78 is 44.1. The minimum Gasteiger partial charge on any atom is -0.334 e. The lowest BCUT2D eigenvalue weighted by Gasteiger charge is -2.33. The van der Waals surface area contributed by atoms with Crippen LogP contribution in [0.3, 0.4) is 0 Å². The molecule has 0 fully saturated rings. The molecule has 1 aliphatic rings. The van der Waals surface area contributed by atoms with E-state index >= 15 is 8.42 Å². The molecule has 1 aliphatic heterocycles. The number of fused-ring (bicyclic) bond motifs is 19. The number of hydrogen-bond acceptors (Lipinski definition) is 4. The summed E-state index contributed by atoms with van der Waals surface area (Å²) in [4.78, 5) is 2.70. The third-order valence-corrected chi connectivity index (χ3v) is 21.7. The number of anilines is 2. The molecule has 454 valence electrons. The first-order valence-electron chi connectivity index (χ1n) is 32.5. The van der Waals surface area contributed by atoms with E-state index in [9.17, 15) is 5.26 Å². The third-order valence-electron chi connectivity index (χ3n) is 20.0. The second-order valence-electron chi connectivity index (χ2n) is 25.1. The predicted molar refractivity (Wildman–Crippen MR) is 391 cm³/mol. The normalized spacial score (nSPS) is 13.4. The van der Waals surface area contributed by atoms with Crippen molar-refractivity contribution in [2.24, 2.45) is 0 Å². The van der Waals surface area contributed by atoms with Crippen LogP contribution in [0.5, 0.6) is 0 Å². The lowest BCUT2D eigenvalue weighted by Crippen LogP contribution is -2.22. The molecule has 0 bridgehead atoms. The van der Waals surface area contributed by atoms with Gasteiger partial charge in [-0.2, -0.15) is 5.26 Å². The Morgan fingerprint density at radius 3 is 1.29 bits per heavy atom. The number of nitrogens with zero attached hydrogens (tertiary/aromatic N) is 7. The van der Waals surface area contributed by atoms with E-state index in [2.05, 4.69) is 314 Å². The van der Waals surface area contributed by atoms with Crippen LogP contribution in [-0.4, -0.2) is 31.3 Å². The minimum absolute atomic E-state index is 0.0859. The second kappa shape index (κ2) is 21.3. The highest BCUT2D eigenvalue weighted by Crippen LogP contribution is 2.53. The van der Waals surface area contributed by atoms with Crippen molar-refractivity contribution < 1.29 is 8.42 Å². The summed E-state index contributed by atoms with van der Waals surface area (Å²) in [6, 6.07) is 109. The van der Waals surface area contributed by atoms with Gasteiger partial charge in [-0.25, -0.2) is 8.42 Å². The van der Waals surface area contributed by atoms with E-state index in [-0.39, 0.29) is 15.8 Å². The fourth-order valence-electron chi connectivity index (χ4n) is 16.1. The van der Waals surface area contributed by atoms with Gasteiger partial charge in [0.15, 0.2) is 0 Å². The van der Waals surface area contributed by atoms with Gasteiger partial charge in [-0.05, 0) is 158 Å². The average molecular weight is 1250 g/mol. The Kier molecular flexibility index (Phi) is 12.3. The molecule has 1 atom stereocenters. The summed E-state index contributed by atoms with van der Waals surface area (Å²) in [5.74, 6) is 0. The summed E-state index contributed by atoms with van der Waals surface area (Å²) in [6.07, 6.45) is 0.468. The molecule has 5 aromatic heterocycles. The maximum Gasteiger partial charge on any atom is 0.206 e. The Balaban J connectivity index is 0.984. The average Bonchev–Trinajstić information content (AvgIpc) is 1.53. The zero-order chi connectivity index (χ0) is 63.9. The maximum atomic E-state index is 16.1. The molecule has 0 N–H and O–H groups in total. The van der Waals surface area contributed by atoms with Gasteiger partial charge in [0.05, 0.1) is 77.3 Å². The minimum atomic E-state index is -4.33. The van der Waals surface area contributed by atoms with Crippen LogP contribution in [0.1, 0.15) is 35.3 Å². The van der Waals surface area contributed by atoms with Crippen molar-refractivity contribution in [2.75, 3.05) is 4.90 Å². The molecule has 19 rings (SSSR count). The van der Waals surface area contributed by atoms with E-state index in [1.807, 2.05) is 12.1 Å². The lowest BCUT2D eigenvalue weighted by molar-refractivity contribution is 0.596. The summed E-state index contributed by atoms with van der Waals surface area (Å²) in [7, 11) is -4.33. The molecule has 0 radical (unpaired) electrons. The number of hydrogen-bond donors (Lipinski definition) is 0. The van der Waals surface area contributed by atoms with Crippen LogP contribution in [0.2, 0.25) is 0 Å². The molecule has 9 nitrogen and oxygen atoms in total. The van der Waals surface area contributed by atoms with Crippen molar-refractivity contribution in [3.05, 3.63) is 332 Å². The lowest BCUT2D eigenvalue weighted by atomic mass is 9.96. The molecular weight excluding hydrogens is 1200 g/mol. The van der Waals surface area contributed by atoms with Gasteiger partial charge in [0.2, 0.25) is 9.84 Å². The zero-order valence-electron chi connectivity index (χ0n) is 52.1. The predicted octanol–water partition coefficient (Wildman–Crippen LogP) is 21.0. The van der Waals surface area contributed by atoms with Gasteiger partial charge in [0, 0.05) is 106 Å². The van der Waals surface area contributed by atoms with E-state index in [0.717, 1.165) is 138 Å². The van der Waals surface area contributed by atoms with Gasteiger partial charge in [-0.3, -0.25) is 0 Å². The number of para-hydroxylation sites is 9. The molecule has 18 aromatic rings. The Morgan fingerprint density at radius 2 is 0.760 bits per heavy atom. The topological polar surface area (TPSA) is 85.8 Å². The number of benzene rings is 13. The van der Waals surface area contributed by atoms with Crippen molar-refractivity contribution in [1.82, 2.24) is 22.8 Å². The summed E-state index contributed by atoms with van der Waals surface area (Å²) in [5, 5.41) is 18.7. The van der Waals surface area contributed by atoms with Crippen LogP contribution in [0, 0.1) is 11.3 Å². The molecule has 0 saturated carbocycles. The Bertz CT molecular complexity index is 6220. The largest absolute Gasteiger partial charge is 0.334 e. The number of aromatic nitrogens is 5.